The number of phenolic OH excluding ortho intramolecular Hbond substituents is 1. The molecule has 0 unspecified atom stereocenters. The van der Waals surface area contributed by atoms with Crippen LogP contribution >= 0.6 is 0 Å². The summed E-state index contributed by atoms with van der Waals surface area (Å²) in [5, 5.41) is 14.9. The number of hydrogen-bond donors (Lipinski definition) is 3. The van der Waals surface area contributed by atoms with Gasteiger partial charge in [-0.2, -0.15) is 0 Å². The summed E-state index contributed by atoms with van der Waals surface area (Å²) in [5.41, 5.74) is 3.98. The van der Waals surface area contributed by atoms with Crippen molar-refractivity contribution in [2.24, 2.45) is 0 Å². The molecule has 120 valence electrons. The van der Waals surface area contributed by atoms with E-state index in [9.17, 15) is 14.7 Å². The topological polar surface area (TPSA) is 78.4 Å². The van der Waals surface area contributed by atoms with Crippen molar-refractivity contribution in [3.05, 3.63) is 58.7 Å². The van der Waals surface area contributed by atoms with Crippen molar-refractivity contribution >= 4 is 17.5 Å². The second-order valence-corrected chi connectivity index (χ2v) is 5.52. The van der Waals surface area contributed by atoms with Crippen molar-refractivity contribution in [2.45, 2.75) is 20.8 Å². The van der Waals surface area contributed by atoms with E-state index in [0.717, 1.165) is 22.4 Å². The van der Waals surface area contributed by atoms with Crippen LogP contribution in [0.25, 0.3) is 0 Å². The van der Waals surface area contributed by atoms with Crippen LogP contribution in [0, 0.1) is 20.8 Å². The van der Waals surface area contributed by atoms with E-state index in [1.165, 1.54) is 12.1 Å². The van der Waals surface area contributed by atoms with Gasteiger partial charge in [0, 0.05) is 5.69 Å². The summed E-state index contributed by atoms with van der Waals surface area (Å²) in [6.07, 6.45) is 0. The highest BCUT2D eigenvalue weighted by molar-refractivity contribution is 6.01. The second-order valence-electron chi connectivity index (χ2n) is 5.52. The van der Waals surface area contributed by atoms with Gasteiger partial charge in [0.1, 0.15) is 5.75 Å². The van der Waals surface area contributed by atoms with Crippen LogP contribution in [-0.2, 0) is 4.79 Å². The summed E-state index contributed by atoms with van der Waals surface area (Å²) in [6.45, 7) is 5.69. The van der Waals surface area contributed by atoms with Crippen molar-refractivity contribution in [1.29, 1.82) is 0 Å². The Morgan fingerprint density at radius 2 is 1.65 bits per heavy atom. The fourth-order valence-electron chi connectivity index (χ4n) is 2.48. The highest BCUT2D eigenvalue weighted by Crippen LogP contribution is 2.21. The lowest BCUT2D eigenvalue weighted by Crippen LogP contribution is -2.33. The molecule has 0 aromatic heterocycles. The maximum Gasteiger partial charge on any atom is 0.255 e. The zero-order chi connectivity index (χ0) is 17.0. The number of carbonyl (C=O) groups is 2. The quantitative estimate of drug-likeness (QED) is 0.812. The molecule has 5 heteroatoms. The third kappa shape index (κ3) is 4.10. The number of hydrogen-bond acceptors (Lipinski definition) is 3. The molecule has 0 heterocycles. The molecule has 0 fully saturated rings. The van der Waals surface area contributed by atoms with Gasteiger partial charge in [-0.25, -0.2) is 0 Å². The Morgan fingerprint density at radius 3 is 2.26 bits per heavy atom. The first-order chi connectivity index (χ1) is 10.9. The normalized spacial score (nSPS) is 10.2. The molecular formula is C18H20N2O3. The van der Waals surface area contributed by atoms with Crippen molar-refractivity contribution in [1.82, 2.24) is 5.32 Å². The number of aryl methyl sites for hydroxylation is 3. The Morgan fingerprint density at radius 1 is 1.04 bits per heavy atom. The van der Waals surface area contributed by atoms with E-state index in [2.05, 4.69) is 10.6 Å². The second kappa shape index (κ2) is 6.96. The van der Waals surface area contributed by atoms with Crippen LogP contribution in [-0.4, -0.2) is 23.5 Å². The largest absolute Gasteiger partial charge is 0.507 e. The molecule has 23 heavy (non-hydrogen) atoms. The average Bonchev–Trinajstić information content (AvgIpc) is 2.49. The molecule has 2 amide bonds. The lowest BCUT2D eigenvalue weighted by Gasteiger charge is -2.13. The summed E-state index contributed by atoms with van der Waals surface area (Å²) >= 11 is 0. The minimum Gasteiger partial charge on any atom is -0.507 e. The molecule has 2 aromatic carbocycles. The van der Waals surface area contributed by atoms with Gasteiger partial charge >= 0.3 is 0 Å². The zero-order valence-electron chi connectivity index (χ0n) is 13.4. The standard InChI is InChI=1S/C18H20N2O3/c1-11-8-12(2)17(13(3)9-11)20-16(22)10-19-18(23)14-6-4-5-7-15(14)21/h4-9,21H,10H2,1-3H3,(H,19,23)(H,20,22). The van der Waals surface area contributed by atoms with Crippen LogP contribution in [0.4, 0.5) is 5.69 Å². The molecule has 3 N–H and O–H groups in total. The smallest absolute Gasteiger partial charge is 0.255 e. The third-order valence-electron chi connectivity index (χ3n) is 3.50. The van der Waals surface area contributed by atoms with E-state index in [1.54, 1.807) is 12.1 Å². The maximum absolute atomic E-state index is 12.0. The molecule has 0 spiro atoms. The highest BCUT2D eigenvalue weighted by Gasteiger charge is 2.13. The summed E-state index contributed by atoms with van der Waals surface area (Å²) in [6, 6.07) is 10.2. The summed E-state index contributed by atoms with van der Waals surface area (Å²) in [5.74, 6) is -0.921. The van der Waals surface area contributed by atoms with Gasteiger partial charge in [0.25, 0.3) is 5.91 Å². The summed E-state index contributed by atoms with van der Waals surface area (Å²) in [7, 11) is 0. The van der Waals surface area contributed by atoms with E-state index in [1.807, 2.05) is 32.9 Å². The molecule has 0 saturated carbocycles. The minimum absolute atomic E-state index is 0.115. The number of carbonyl (C=O) groups excluding carboxylic acids is 2. The van der Waals surface area contributed by atoms with Crippen molar-refractivity contribution < 1.29 is 14.7 Å². The Hall–Kier alpha value is -2.82. The molecule has 0 atom stereocenters. The molecule has 0 aliphatic rings. The van der Waals surface area contributed by atoms with Gasteiger partial charge < -0.3 is 15.7 Å². The molecule has 2 rings (SSSR count). The third-order valence-corrected chi connectivity index (χ3v) is 3.50. The van der Waals surface area contributed by atoms with E-state index >= 15 is 0 Å². The molecule has 0 aliphatic carbocycles. The van der Waals surface area contributed by atoms with Crippen molar-refractivity contribution in [3.63, 3.8) is 0 Å². The van der Waals surface area contributed by atoms with E-state index in [4.69, 9.17) is 0 Å². The lowest BCUT2D eigenvalue weighted by molar-refractivity contribution is -0.115. The number of benzene rings is 2. The number of anilines is 1. The molecule has 0 bridgehead atoms. The van der Waals surface area contributed by atoms with E-state index in [0.29, 0.717) is 0 Å². The number of para-hydroxylation sites is 1. The summed E-state index contributed by atoms with van der Waals surface area (Å²) in [4.78, 5) is 24.0. The lowest BCUT2D eigenvalue weighted by atomic mass is 10.1. The summed E-state index contributed by atoms with van der Waals surface area (Å²) < 4.78 is 0. The van der Waals surface area contributed by atoms with Crippen LogP contribution in [0.3, 0.4) is 0 Å². The Labute approximate surface area is 135 Å². The van der Waals surface area contributed by atoms with Gasteiger partial charge in [0.05, 0.1) is 12.1 Å². The van der Waals surface area contributed by atoms with Gasteiger partial charge in [-0.15, -0.1) is 0 Å². The first-order valence-corrected chi connectivity index (χ1v) is 7.32. The molecule has 0 radical (unpaired) electrons. The average molecular weight is 312 g/mol. The van der Waals surface area contributed by atoms with Crippen molar-refractivity contribution in [3.8, 4) is 5.75 Å². The fourth-order valence-corrected chi connectivity index (χ4v) is 2.48. The van der Waals surface area contributed by atoms with Crippen LogP contribution in [0.1, 0.15) is 27.0 Å². The van der Waals surface area contributed by atoms with E-state index in [-0.39, 0.29) is 23.8 Å². The van der Waals surface area contributed by atoms with Gasteiger partial charge in [0.2, 0.25) is 5.91 Å². The predicted octanol–water partition coefficient (Wildman–Crippen LogP) is 2.69. The van der Waals surface area contributed by atoms with Crippen molar-refractivity contribution in [2.75, 3.05) is 11.9 Å². The number of aromatic hydroxyl groups is 1. The molecule has 5 nitrogen and oxygen atoms in total. The highest BCUT2D eigenvalue weighted by atomic mass is 16.3. The zero-order valence-corrected chi connectivity index (χ0v) is 13.4. The molecular weight excluding hydrogens is 292 g/mol. The molecule has 0 aliphatic heterocycles. The Bertz CT molecular complexity index is 731. The van der Waals surface area contributed by atoms with Gasteiger partial charge in [-0.1, -0.05) is 29.8 Å². The number of amides is 2. The van der Waals surface area contributed by atoms with Crippen LogP contribution < -0.4 is 10.6 Å². The Kier molecular flexibility index (Phi) is 5.01. The predicted molar refractivity (Wildman–Crippen MR) is 89.7 cm³/mol. The van der Waals surface area contributed by atoms with Crippen LogP contribution in [0.2, 0.25) is 0 Å². The van der Waals surface area contributed by atoms with Gasteiger partial charge in [-0.3, -0.25) is 9.59 Å². The number of phenols is 1. The number of nitrogens with one attached hydrogen (secondary N) is 2. The first-order valence-electron chi connectivity index (χ1n) is 7.32. The van der Waals surface area contributed by atoms with Crippen LogP contribution in [0.5, 0.6) is 5.75 Å². The number of rotatable bonds is 4. The first kappa shape index (κ1) is 16.5. The SMILES string of the molecule is Cc1cc(C)c(NC(=O)CNC(=O)c2ccccc2O)c(C)c1. The van der Waals surface area contributed by atoms with Crippen LogP contribution in [0.15, 0.2) is 36.4 Å². The molecule has 0 saturated heterocycles. The van der Waals surface area contributed by atoms with E-state index < -0.39 is 5.91 Å². The monoisotopic (exact) mass is 312 g/mol. The maximum atomic E-state index is 12.0. The Balaban J connectivity index is 1.99. The van der Waals surface area contributed by atoms with Gasteiger partial charge in [-0.05, 0) is 44.0 Å². The fraction of sp³-hybridized carbons (Fsp3) is 0.222. The van der Waals surface area contributed by atoms with Gasteiger partial charge in [0.15, 0.2) is 0 Å². The minimum atomic E-state index is -0.490. The molecule has 2 aromatic rings.